The van der Waals surface area contributed by atoms with Crippen LogP contribution in [-0.4, -0.2) is 25.2 Å². The Kier molecular flexibility index (Phi) is 14.4. The van der Waals surface area contributed by atoms with Crippen LogP contribution in [0.4, 0.5) is 0 Å². The lowest BCUT2D eigenvalue weighted by Gasteiger charge is -2.41. The Morgan fingerprint density at radius 2 is 1.02 bits per heavy atom. The van der Waals surface area contributed by atoms with E-state index in [2.05, 4.69) is 76.2 Å². The summed E-state index contributed by atoms with van der Waals surface area (Å²) in [6, 6.07) is 0. The fraction of sp³-hybridized carbons (Fsp3) is 0.951. The third kappa shape index (κ3) is 11.5. The predicted molar refractivity (Wildman–Crippen MR) is 188 cm³/mol. The van der Waals surface area contributed by atoms with Crippen molar-refractivity contribution in [3.05, 3.63) is 0 Å². The molecule has 3 fully saturated rings. The topological polar surface area (TPSA) is 52.6 Å². The van der Waals surface area contributed by atoms with Crippen LogP contribution in [0.2, 0.25) is 0 Å². The predicted octanol–water partition coefficient (Wildman–Crippen LogP) is 11.2. The highest BCUT2D eigenvalue weighted by atomic mass is 16.5. The molecule has 0 amide bonds. The maximum absolute atomic E-state index is 13.8. The van der Waals surface area contributed by atoms with Crippen molar-refractivity contribution in [2.24, 2.45) is 75.9 Å². The third-order valence-electron chi connectivity index (χ3n) is 12.9. The summed E-state index contributed by atoms with van der Waals surface area (Å²) in [6.07, 6.45) is 14.8. The van der Waals surface area contributed by atoms with Crippen LogP contribution in [0.5, 0.6) is 0 Å². The summed E-state index contributed by atoms with van der Waals surface area (Å²) < 4.78 is 12.4. The molecule has 0 aromatic carbocycles. The van der Waals surface area contributed by atoms with E-state index >= 15 is 0 Å². The first-order valence-corrected chi connectivity index (χ1v) is 19.3. The van der Waals surface area contributed by atoms with E-state index in [0.717, 1.165) is 43.9 Å². The molecule has 3 saturated carbocycles. The zero-order valence-corrected chi connectivity index (χ0v) is 31.6. The van der Waals surface area contributed by atoms with Gasteiger partial charge in [-0.25, -0.2) is 0 Å². The molecule has 4 nitrogen and oxygen atoms in total. The standard InChI is InChI=1S/C41H74O4/c1-27-19-21-32(34(30(27)4)17-13-23-40(6,7)8)25-44-38(42)36-16-12-15-29(3)37(36)39(43)45-26-33-22-20-28(2)31(5)35(33)18-14-24-41(9,10)11/h27-37H,12-26H2,1-11H3. The fourth-order valence-corrected chi connectivity index (χ4v) is 9.42. The van der Waals surface area contributed by atoms with Gasteiger partial charge in [0.1, 0.15) is 0 Å². The SMILES string of the molecule is CC1CCC(COC(=O)C2CCCC(C)C2C(=O)OCC2CCC(C)C(C)C2CCCC(C)(C)C)C(CCCC(C)(C)C)C1C. The molecule has 262 valence electrons. The normalized spacial score (nSPS) is 36.4. The Balaban J connectivity index is 1.60. The molecule has 4 heteroatoms. The summed E-state index contributed by atoms with van der Waals surface area (Å²) in [7, 11) is 0. The molecule has 11 atom stereocenters. The molecule has 11 unspecified atom stereocenters. The number of ether oxygens (including phenoxy) is 2. The Bertz CT molecular complexity index is 911. The number of hydrogen-bond acceptors (Lipinski definition) is 4. The van der Waals surface area contributed by atoms with Crippen molar-refractivity contribution in [3.8, 4) is 0 Å². The highest BCUT2D eigenvalue weighted by molar-refractivity contribution is 5.82. The number of carbonyl (C=O) groups is 2. The second-order valence-corrected chi connectivity index (χ2v) is 18.9. The van der Waals surface area contributed by atoms with Gasteiger partial charge in [0.15, 0.2) is 0 Å². The molecule has 0 heterocycles. The van der Waals surface area contributed by atoms with Gasteiger partial charge in [-0.1, -0.05) is 108 Å². The van der Waals surface area contributed by atoms with E-state index in [1.807, 2.05) is 0 Å². The number of carbonyl (C=O) groups excluding carboxylic acids is 2. The van der Waals surface area contributed by atoms with Crippen LogP contribution in [0.1, 0.15) is 160 Å². The smallest absolute Gasteiger partial charge is 0.310 e. The maximum Gasteiger partial charge on any atom is 0.310 e. The van der Waals surface area contributed by atoms with E-state index < -0.39 is 0 Å². The summed E-state index contributed by atoms with van der Waals surface area (Å²) in [5, 5.41) is 0. The molecule has 0 aliphatic heterocycles. The Morgan fingerprint density at radius 1 is 0.578 bits per heavy atom. The highest BCUT2D eigenvalue weighted by Crippen LogP contribution is 2.44. The van der Waals surface area contributed by atoms with Crippen LogP contribution in [0.3, 0.4) is 0 Å². The lowest BCUT2D eigenvalue weighted by molar-refractivity contribution is -0.168. The summed E-state index contributed by atoms with van der Waals surface area (Å²) in [6.45, 7) is 26.7. The van der Waals surface area contributed by atoms with Crippen LogP contribution < -0.4 is 0 Å². The van der Waals surface area contributed by atoms with Crippen molar-refractivity contribution in [3.63, 3.8) is 0 Å². The quantitative estimate of drug-likeness (QED) is 0.201. The first kappa shape index (κ1) is 38.4. The molecule has 0 spiro atoms. The minimum atomic E-state index is -0.376. The van der Waals surface area contributed by atoms with Crippen LogP contribution in [-0.2, 0) is 19.1 Å². The van der Waals surface area contributed by atoms with Gasteiger partial charge in [0.2, 0.25) is 0 Å². The average molecular weight is 631 g/mol. The molecule has 0 aromatic heterocycles. The van der Waals surface area contributed by atoms with Gasteiger partial charge in [0.25, 0.3) is 0 Å². The third-order valence-corrected chi connectivity index (χ3v) is 12.9. The molecular formula is C41H74O4. The first-order valence-electron chi connectivity index (χ1n) is 19.3. The summed E-state index contributed by atoms with van der Waals surface area (Å²) in [5.74, 6) is 3.93. The van der Waals surface area contributed by atoms with Crippen molar-refractivity contribution < 1.29 is 19.1 Å². The molecule has 0 saturated heterocycles. The summed E-state index contributed by atoms with van der Waals surface area (Å²) in [4.78, 5) is 27.5. The lowest BCUT2D eigenvalue weighted by atomic mass is 9.66. The molecule has 0 radical (unpaired) electrons. The maximum atomic E-state index is 13.8. The van der Waals surface area contributed by atoms with E-state index in [1.165, 1.54) is 51.4 Å². The fourth-order valence-electron chi connectivity index (χ4n) is 9.42. The second-order valence-electron chi connectivity index (χ2n) is 18.9. The summed E-state index contributed by atoms with van der Waals surface area (Å²) in [5.41, 5.74) is 0.709. The van der Waals surface area contributed by atoms with Crippen LogP contribution in [0.15, 0.2) is 0 Å². The number of esters is 2. The van der Waals surface area contributed by atoms with Gasteiger partial charge >= 0.3 is 11.9 Å². The van der Waals surface area contributed by atoms with Crippen molar-refractivity contribution >= 4 is 11.9 Å². The number of hydrogen-bond donors (Lipinski definition) is 0. The van der Waals surface area contributed by atoms with E-state index in [0.29, 0.717) is 59.6 Å². The molecule has 3 aliphatic carbocycles. The first-order chi connectivity index (χ1) is 21.0. The molecule has 0 N–H and O–H groups in total. The van der Waals surface area contributed by atoms with E-state index in [4.69, 9.17) is 9.47 Å². The lowest BCUT2D eigenvalue weighted by Crippen LogP contribution is -2.42. The van der Waals surface area contributed by atoms with E-state index in [9.17, 15) is 9.59 Å². The molecule has 0 aromatic rings. The van der Waals surface area contributed by atoms with Crippen LogP contribution in [0.25, 0.3) is 0 Å². The minimum Gasteiger partial charge on any atom is -0.465 e. The number of rotatable bonds is 12. The zero-order chi connectivity index (χ0) is 33.5. The van der Waals surface area contributed by atoms with E-state index in [1.54, 1.807) is 0 Å². The van der Waals surface area contributed by atoms with Crippen molar-refractivity contribution in [1.29, 1.82) is 0 Å². The average Bonchev–Trinajstić information content (AvgIpc) is 2.94. The van der Waals surface area contributed by atoms with Crippen molar-refractivity contribution in [1.82, 2.24) is 0 Å². The van der Waals surface area contributed by atoms with Gasteiger partial charge in [-0.2, -0.15) is 0 Å². The van der Waals surface area contributed by atoms with Gasteiger partial charge in [0, 0.05) is 0 Å². The Labute approximate surface area is 279 Å². The van der Waals surface area contributed by atoms with Crippen molar-refractivity contribution in [2.75, 3.05) is 13.2 Å². The summed E-state index contributed by atoms with van der Waals surface area (Å²) >= 11 is 0. The van der Waals surface area contributed by atoms with Crippen LogP contribution >= 0.6 is 0 Å². The molecule has 45 heavy (non-hydrogen) atoms. The largest absolute Gasteiger partial charge is 0.465 e. The van der Waals surface area contributed by atoms with Crippen LogP contribution in [0, 0.1) is 75.9 Å². The van der Waals surface area contributed by atoms with E-state index in [-0.39, 0.29) is 29.7 Å². The highest BCUT2D eigenvalue weighted by Gasteiger charge is 2.44. The molecular weight excluding hydrogens is 556 g/mol. The van der Waals surface area contributed by atoms with Gasteiger partial charge in [-0.05, 0) is 115 Å². The minimum absolute atomic E-state index is 0.149. The Morgan fingerprint density at radius 3 is 1.47 bits per heavy atom. The van der Waals surface area contributed by atoms with Gasteiger partial charge in [-0.15, -0.1) is 0 Å². The van der Waals surface area contributed by atoms with Gasteiger partial charge in [-0.3, -0.25) is 9.59 Å². The molecule has 3 aliphatic rings. The second kappa shape index (κ2) is 16.9. The zero-order valence-electron chi connectivity index (χ0n) is 31.6. The van der Waals surface area contributed by atoms with Crippen molar-refractivity contribution in [2.45, 2.75) is 160 Å². The monoisotopic (exact) mass is 631 g/mol. The Hall–Kier alpha value is -1.06. The van der Waals surface area contributed by atoms with Gasteiger partial charge < -0.3 is 9.47 Å². The molecule has 3 rings (SSSR count). The van der Waals surface area contributed by atoms with Gasteiger partial charge in [0.05, 0.1) is 25.0 Å². The molecule has 0 bridgehead atoms.